The molecule has 1 N–H and O–H groups in total. The number of thiocarbonyl (C=S) groups is 1. The average molecular weight is 469 g/mol. The van der Waals surface area contributed by atoms with Crippen LogP contribution in [0.1, 0.15) is 30.6 Å². The third kappa shape index (κ3) is 6.12. The van der Waals surface area contributed by atoms with Crippen LogP contribution in [0.15, 0.2) is 40.6 Å². The molecule has 0 saturated carbocycles. The van der Waals surface area contributed by atoms with Gasteiger partial charge in [-0.2, -0.15) is 0 Å². The molecule has 0 bridgehead atoms. The van der Waals surface area contributed by atoms with Crippen molar-refractivity contribution in [1.29, 1.82) is 0 Å². The van der Waals surface area contributed by atoms with Crippen LogP contribution in [0.2, 0.25) is 5.02 Å². The number of thioether (sulfide) groups is 1. The minimum absolute atomic E-state index is 0.0283. The zero-order chi connectivity index (χ0) is 20.8. The molecule has 0 aliphatic carbocycles. The molecule has 3 rings (SSSR count). The number of unbranched alkanes of at least 4 members (excludes halogenated alkanes) is 2. The number of carbonyl (C=O) groups is 2. The van der Waals surface area contributed by atoms with E-state index in [-0.39, 0.29) is 16.8 Å². The Kier molecular flexibility index (Phi) is 7.83. The number of carbonyl (C=O) groups excluding carboxylic acids is 2. The minimum Gasteiger partial charge on any atom is -0.326 e. The second-order valence-electron chi connectivity index (χ2n) is 6.34. The summed E-state index contributed by atoms with van der Waals surface area (Å²) in [5.41, 5.74) is 0.469. The van der Waals surface area contributed by atoms with E-state index >= 15 is 0 Å². The molecule has 1 saturated heterocycles. The van der Waals surface area contributed by atoms with Gasteiger partial charge in [0.25, 0.3) is 5.91 Å². The van der Waals surface area contributed by atoms with Crippen molar-refractivity contribution >= 4 is 74.8 Å². The predicted molar refractivity (Wildman–Crippen MR) is 123 cm³/mol. The van der Waals surface area contributed by atoms with E-state index in [4.69, 9.17) is 23.8 Å². The van der Waals surface area contributed by atoms with Crippen LogP contribution in [-0.2, 0) is 9.59 Å². The third-order valence-electron chi connectivity index (χ3n) is 4.18. The number of hydrogen-bond donors (Lipinski definition) is 1. The first-order valence-corrected chi connectivity index (χ1v) is 11.5. The second-order valence-corrected chi connectivity index (χ2v) is 9.40. The van der Waals surface area contributed by atoms with Gasteiger partial charge in [0.05, 0.1) is 9.93 Å². The van der Waals surface area contributed by atoms with Gasteiger partial charge in [0.1, 0.15) is 10.1 Å². The van der Waals surface area contributed by atoms with Crippen LogP contribution in [-0.4, -0.2) is 27.6 Å². The van der Waals surface area contributed by atoms with E-state index in [1.54, 1.807) is 16.2 Å². The van der Waals surface area contributed by atoms with Crippen LogP contribution in [0.25, 0.3) is 6.08 Å². The van der Waals surface area contributed by atoms with Crippen LogP contribution >= 0.6 is 46.9 Å². The number of halogens is 2. The fourth-order valence-electron chi connectivity index (χ4n) is 2.72. The predicted octanol–water partition coefficient (Wildman–Crippen LogP) is 5.94. The van der Waals surface area contributed by atoms with E-state index in [1.165, 1.54) is 30.0 Å². The summed E-state index contributed by atoms with van der Waals surface area (Å²) in [7, 11) is 0. The number of anilines is 1. The molecule has 1 aliphatic heterocycles. The standard InChI is InChI=1S/C20H18ClFN2O2S3/c21-15-11-13(7-8-16(15)22)23-18(25)6-2-1-3-9-24-19(26)17(29-20(24)27)12-14-5-4-10-28-14/h4-5,7-8,10-12H,1-3,6,9H2,(H,23,25)/b17-12+. The molecule has 0 radical (unpaired) electrons. The molecule has 1 aromatic carbocycles. The monoisotopic (exact) mass is 468 g/mol. The Labute approximate surface area is 187 Å². The maximum Gasteiger partial charge on any atom is 0.266 e. The Morgan fingerprint density at radius 1 is 1.28 bits per heavy atom. The zero-order valence-electron chi connectivity index (χ0n) is 15.3. The SMILES string of the molecule is O=C(CCCCCN1C(=O)/C(=C\c2cccs2)SC1=S)Nc1ccc(F)c(Cl)c1. The minimum atomic E-state index is -0.523. The average Bonchev–Trinajstić information content (AvgIpc) is 3.28. The summed E-state index contributed by atoms with van der Waals surface area (Å²) in [6.07, 6.45) is 4.44. The number of thiophene rings is 1. The molecule has 0 spiro atoms. The van der Waals surface area contributed by atoms with Gasteiger partial charge in [-0.1, -0.05) is 48.1 Å². The van der Waals surface area contributed by atoms with Crippen molar-refractivity contribution in [3.8, 4) is 0 Å². The zero-order valence-corrected chi connectivity index (χ0v) is 18.5. The summed E-state index contributed by atoms with van der Waals surface area (Å²) < 4.78 is 13.7. The van der Waals surface area contributed by atoms with Crippen LogP contribution in [0, 0.1) is 5.82 Å². The Bertz CT molecular complexity index is 947. The molecule has 0 unspecified atom stereocenters. The first kappa shape index (κ1) is 22.0. The van der Waals surface area contributed by atoms with Gasteiger partial charge in [-0.15, -0.1) is 11.3 Å². The molecule has 2 heterocycles. The van der Waals surface area contributed by atoms with Crippen molar-refractivity contribution in [2.24, 2.45) is 0 Å². The third-order valence-corrected chi connectivity index (χ3v) is 6.67. The molecule has 152 valence electrons. The highest BCUT2D eigenvalue weighted by atomic mass is 35.5. The van der Waals surface area contributed by atoms with E-state index in [9.17, 15) is 14.0 Å². The van der Waals surface area contributed by atoms with Crippen molar-refractivity contribution in [1.82, 2.24) is 4.90 Å². The van der Waals surface area contributed by atoms with Crippen LogP contribution < -0.4 is 5.32 Å². The van der Waals surface area contributed by atoms with Crippen LogP contribution in [0.5, 0.6) is 0 Å². The lowest BCUT2D eigenvalue weighted by Gasteiger charge is -2.14. The van der Waals surface area contributed by atoms with E-state index in [0.29, 0.717) is 34.3 Å². The van der Waals surface area contributed by atoms with E-state index in [1.807, 2.05) is 23.6 Å². The van der Waals surface area contributed by atoms with E-state index in [0.717, 1.165) is 17.7 Å². The van der Waals surface area contributed by atoms with Gasteiger partial charge in [0, 0.05) is 23.5 Å². The Hall–Kier alpha value is -1.74. The molecule has 2 aromatic rings. The molecule has 1 aliphatic rings. The molecular formula is C20H18ClFN2O2S3. The smallest absolute Gasteiger partial charge is 0.266 e. The fourth-order valence-corrected chi connectivity index (χ4v) is 4.94. The summed E-state index contributed by atoms with van der Waals surface area (Å²) in [4.78, 5) is 27.8. The topological polar surface area (TPSA) is 49.4 Å². The van der Waals surface area contributed by atoms with Gasteiger partial charge in [0.15, 0.2) is 0 Å². The quantitative estimate of drug-likeness (QED) is 0.296. The number of amides is 2. The fraction of sp³-hybridized carbons (Fsp3) is 0.250. The Morgan fingerprint density at radius 3 is 2.83 bits per heavy atom. The lowest BCUT2D eigenvalue weighted by molar-refractivity contribution is -0.122. The van der Waals surface area contributed by atoms with Gasteiger partial charge < -0.3 is 5.32 Å². The number of hydrogen-bond acceptors (Lipinski definition) is 5. The van der Waals surface area contributed by atoms with Gasteiger partial charge in [-0.25, -0.2) is 4.39 Å². The van der Waals surface area contributed by atoms with Crippen molar-refractivity contribution in [3.63, 3.8) is 0 Å². The highest BCUT2D eigenvalue weighted by Crippen LogP contribution is 2.33. The summed E-state index contributed by atoms with van der Waals surface area (Å²) in [5, 5.41) is 4.64. The number of nitrogens with one attached hydrogen (secondary N) is 1. The van der Waals surface area contributed by atoms with Crippen LogP contribution in [0.3, 0.4) is 0 Å². The van der Waals surface area contributed by atoms with E-state index < -0.39 is 5.82 Å². The Balaban J connectivity index is 1.39. The summed E-state index contributed by atoms with van der Waals surface area (Å²) in [5.74, 6) is -0.734. The molecule has 4 nitrogen and oxygen atoms in total. The molecule has 0 atom stereocenters. The van der Waals surface area contributed by atoms with Crippen molar-refractivity contribution in [2.45, 2.75) is 25.7 Å². The Morgan fingerprint density at radius 2 is 2.10 bits per heavy atom. The highest BCUT2D eigenvalue weighted by molar-refractivity contribution is 8.26. The summed E-state index contributed by atoms with van der Waals surface area (Å²) >= 11 is 13.9. The van der Waals surface area contributed by atoms with Gasteiger partial charge in [-0.3, -0.25) is 14.5 Å². The molecule has 29 heavy (non-hydrogen) atoms. The molecule has 1 aromatic heterocycles. The van der Waals surface area contributed by atoms with Crippen molar-refractivity contribution in [3.05, 3.63) is 56.3 Å². The van der Waals surface area contributed by atoms with Crippen molar-refractivity contribution in [2.75, 3.05) is 11.9 Å². The first-order valence-electron chi connectivity index (χ1n) is 8.98. The van der Waals surface area contributed by atoms with Crippen LogP contribution in [0.4, 0.5) is 10.1 Å². The number of nitrogens with zero attached hydrogens (tertiary/aromatic N) is 1. The molecule has 2 amide bonds. The second kappa shape index (κ2) is 10.3. The van der Waals surface area contributed by atoms with E-state index in [2.05, 4.69) is 5.32 Å². The molecule has 9 heteroatoms. The highest BCUT2D eigenvalue weighted by Gasteiger charge is 2.31. The largest absolute Gasteiger partial charge is 0.326 e. The lowest BCUT2D eigenvalue weighted by Crippen LogP contribution is -2.29. The van der Waals surface area contributed by atoms with Gasteiger partial charge in [0.2, 0.25) is 5.91 Å². The molecule has 1 fully saturated rings. The maximum absolute atomic E-state index is 13.1. The summed E-state index contributed by atoms with van der Waals surface area (Å²) in [6, 6.07) is 7.97. The van der Waals surface area contributed by atoms with Gasteiger partial charge in [-0.05, 0) is 48.6 Å². The van der Waals surface area contributed by atoms with Gasteiger partial charge >= 0.3 is 0 Å². The normalized spacial score (nSPS) is 15.4. The summed E-state index contributed by atoms with van der Waals surface area (Å²) in [6.45, 7) is 0.543. The number of benzene rings is 1. The first-order chi connectivity index (χ1) is 13.9. The lowest BCUT2D eigenvalue weighted by atomic mass is 10.1. The van der Waals surface area contributed by atoms with Crippen molar-refractivity contribution < 1.29 is 14.0 Å². The maximum atomic E-state index is 13.1. The molecular weight excluding hydrogens is 451 g/mol. The number of rotatable bonds is 8.